The number of hydrogen-bond acceptors (Lipinski definition) is 2. The van der Waals surface area contributed by atoms with Crippen molar-refractivity contribution in [3.63, 3.8) is 0 Å². The highest BCUT2D eigenvalue weighted by Gasteiger charge is 2.17. The molecule has 0 N–H and O–H groups in total. The molecule has 0 radical (unpaired) electrons. The first-order valence-electron chi connectivity index (χ1n) is 25.0. The minimum atomic E-state index is 0.951. The highest BCUT2D eigenvalue weighted by atomic mass is 14.7. The van der Waals surface area contributed by atoms with Gasteiger partial charge in [0.25, 0.3) is 0 Å². The highest BCUT2D eigenvalue weighted by Crippen LogP contribution is 2.40. The highest BCUT2D eigenvalue weighted by molar-refractivity contribution is 5.89. The number of rotatable bonds is 21. The van der Waals surface area contributed by atoms with Crippen molar-refractivity contribution in [3.8, 4) is 78.1 Å². The quantitative estimate of drug-likeness (QED) is 0.0673. The Hall–Kier alpha value is -6.38. The van der Waals surface area contributed by atoms with Crippen molar-refractivity contribution < 1.29 is 0 Å². The Morgan fingerprint density at radius 3 is 1.35 bits per heavy atom. The van der Waals surface area contributed by atoms with Crippen LogP contribution in [0.5, 0.6) is 0 Å². The molecule has 0 amide bonds. The largest absolute Gasteiger partial charge is 0.256 e. The summed E-state index contributed by atoms with van der Waals surface area (Å²) < 4.78 is 0. The molecular formula is C64H68N2. The molecule has 0 unspecified atom stereocenters. The number of nitrogens with zero attached hydrogens (tertiary/aromatic N) is 2. The van der Waals surface area contributed by atoms with Gasteiger partial charge in [-0.1, -0.05) is 175 Å². The summed E-state index contributed by atoms with van der Waals surface area (Å²) in [6.07, 6.45) is 21.5. The van der Waals surface area contributed by atoms with E-state index in [1.165, 1.54) is 149 Å². The molecule has 6 aromatic carbocycles. The van der Waals surface area contributed by atoms with Gasteiger partial charge in [-0.15, -0.1) is 0 Å². The normalized spacial score (nSPS) is 11.3. The van der Waals surface area contributed by atoms with Crippen LogP contribution in [0.4, 0.5) is 0 Å². The van der Waals surface area contributed by atoms with Gasteiger partial charge in [0.1, 0.15) is 0 Å². The molecule has 0 fully saturated rings. The van der Waals surface area contributed by atoms with Gasteiger partial charge in [0.2, 0.25) is 0 Å². The molecule has 2 nitrogen and oxygen atoms in total. The molecule has 0 spiro atoms. The standard InChI is InChI=1S/C64H68N2/c1-5-7-9-11-13-15-26-49-46-62(52(38-48(49)4)27-16-14-12-10-8-6-2)57-41-54(50-28-24-30-53(39-50)61-32-18-17-31-60(61)51-29-23-25-47(3)37-51)40-55(42-57)56-43-58(63-33-19-21-35-65-63)45-59(44-56)64-34-20-22-36-66-64/h17-25,28-46H,5-16,26-27H2,1-4H3. The van der Waals surface area contributed by atoms with E-state index >= 15 is 0 Å². The van der Waals surface area contributed by atoms with Gasteiger partial charge in [-0.3, -0.25) is 9.97 Å². The van der Waals surface area contributed by atoms with Crippen LogP contribution in [0.25, 0.3) is 78.1 Å². The van der Waals surface area contributed by atoms with Gasteiger partial charge in [-0.05, 0) is 179 Å². The Labute approximate surface area is 396 Å². The average molecular weight is 865 g/mol. The van der Waals surface area contributed by atoms with Crippen LogP contribution in [-0.4, -0.2) is 9.97 Å². The number of aryl methyl sites for hydroxylation is 4. The Morgan fingerprint density at radius 1 is 0.318 bits per heavy atom. The lowest BCUT2D eigenvalue weighted by atomic mass is 9.86. The van der Waals surface area contributed by atoms with Crippen LogP contribution in [0.3, 0.4) is 0 Å². The number of benzene rings is 6. The molecule has 0 aliphatic heterocycles. The lowest BCUT2D eigenvalue weighted by Gasteiger charge is -2.19. The average Bonchev–Trinajstić information content (AvgIpc) is 3.37. The predicted octanol–water partition coefficient (Wildman–Crippen LogP) is 18.6. The van der Waals surface area contributed by atoms with E-state index in [0.29, 0.717) is 0 Å². The molecule has 0 aliphatic carbocycles. The summed E-state index contributed by atoms with van der Waals surface area (Å²) in [7, 11) is 0. The number of aromatic nitrogens is 2. The maximum atomic E-state index is 4.83. The van der Waals surface area contributed by atoms with Gasteiger partial charge in [0, 0.05) is 23.5 Å². The maximum absolute atomic E-state index is 4.83. The van der Waals surface area contributed by atoms with Crippen molar-refractivity contribution >= 4 is 0 Å². The fourth-order valence-corrected chi connectivity index (χ4v) is 9.69. The zero-order valence-corrected chi connectivity index (χ0v) is 40.0. The molecule has 2 heterocycles. The third kappa shape index (κ3) is 11.9. The van der Waals surface area contributed by atoms with Gasteiger partial charge in [0.15, 0.2) is 0 Å². The molecule has 8 rings (SSSR count). The van der Waals surface area contributed by atoms with E-state index in [-0.39, 0.29) is 0 Å². The predicted molar refractivity (Wildman–Crippen MR) is 284 cm³/mol. The molecule has 0 atom stereocenters. The molecule has 2 heteroatoms. The third-order valence-corrected chi connectivity index (χ3v) is 13.4. The summed E-state index contributed by atoms with van der Waals surface area (Å²) in [5, 5.41) is 0. The zero-order chi connectivity index (χ0) is 45.5. The minimum Gasteiger partial charge on any atom is -0.256 e. The topological polar surface area (TPSA) is 25.8 Å². The second-order valence-corrected chi connectivity index (χ2v) is 18.5. The first-order valence-corrected chi connectivity index (χ1v) is 25.0. The monoisotopic (exact) mass is 865 g/mol. The summed E-state index contributed by atoms with van der Waals surface area (Å²) in [6.45, 7) is 9.13. The van der Waals surface area contributed by atoms with E-state index in [2.05, 4.69) is 173 Å². The smallest absolute Gasteiger partial charge is 0.0702 e. The van der Waals surface area contributed by atoms with E-state index in [1.807, 2.05) is 24.5 Å². The molecule has 0 saturated carbocycles. The second kappa shape index (κ2) is 23.2. The molecule has 2 aromatic heterocycles. The van der Waals surface area contributed by atoms with E-state index in [0.717, 1.165) is 40.9 Å². The van der Waals surface area contributed by atoms with Crippen LogP contribution in [0.1, 0.15) is 113 Å². The molecule has 8 aromatic rings. The van der Waals surface area contributed by atoms with Gasteiger partial charge in [-0.25, -0.2) is 0 Å². The zero-order valence-electron chi connectivity index (χ0n) is 40.0. The second-order valence-electron chi connectivity index (χ2n) is 18.5. The number of hydrogen-bond donors (Lipinski definition) is 0. The molecule has 0 saturated heterocycles. The van der Waals surface area contributed by atoms with Crippen LogP contribution >= 0.6 is 0 Å². The van der Waals surface area contributed by atoms with Crippen LogP contribution in [-0.2, 0) is 12.8 Å². The van der Waals surface area contributed by atoms with Crippen LogP contribution in [0, 0.1) is 13.8 Å². The summed E-state index contributed by atoms with van der Waals surface area (Å²) in [4.78, 5) is 9.65. The van der Waals surface area contributed by atoms with Crippen molar-refractivity contribution in [3.05, 3.63) is 192 Å². The Kier molecular flexibility index (Phi) is 16.2. The Balaban J connectivity index is 1.29. The number of pyridine rings is 2. The Morgan fingerprint density at radius 2 is 0.773 bits per heavy atom. The van der Waals surface area contributed by atoms with E-state index < -0.39 is 0 Å². The first-order chi connectivity index (χ1) is 32.5. The van der Waals surface area contributed by atoms with Crippen LogP contribution < -0.4 is 0 Å². The Bertz CT molecular complexity index is 2740. The van der Waals surface area contributed by atoms with E-state index in [4.69, 9.17) is 9.97 Å². The van der Waals surface area contributed by atoms with Gasteiger partial charge in [0.05, 0.1) is 11.4 Å². The molecule has 66 heavy (non-hydrogen) atoms. The lowest BCUT2D eigenvalue weighted by Crippen LogP contribution is -1.99. The first kappa shape index (κ1) is 46.2. The lowest BCUT2D eigenvalue weighted by molar-refractivity contribution is 0.605. The molecule has 334 valence electrons. The molecule has 0 aliphatic rings. The van der Waals surface area contributed by atoms with Crippen molar-refractivity contribution in [2.45, 2.75) is 118 Å². The third-order valence-electron chi connectivity index (χ3n) is 13.4. The van der Waals surface area contributed by atoms with Crippen molar-refractivity contribution in [1.29, 1.82) is 0 Å². The van der Waals surface area contributed by atoms with Gasteiger partial charge >= 0.3 is 0 Å². The van der Waals surface area contributed by atoms with Crippen molar-refractivity contribution in [2.75, 3.05) is 0 Å². The van der Waals surface area contributed by atoms with Crippen molar-refractivity contribution in [1.82, 2.24) is 9.97 Å². The van der Waals surface area contributed by atoms with Crippen molar-refractivity contribution in [2.24, 2.45) is 0 Å². The fourth-order valence-electron chi connectivity index (χ4n) is 9.69. The van der Waals surface area contributed by atoms with E-state index in [9.17, 15) is 0 Å². The van der Waals surface area contributed by atoms with Gasteiger partial charge in [-0.2, -0.15) is 0 Å². The van der Waals surface area contributed by atoms with Crippen LogP contribution in [0.15, 0.2) is 170 Å². The summed E-state index contributed by atoms with van der Waals surface area (Å²) in [5.41, 5.74) is 22.1. The minimum absolute atomic E-state index is 0.951. The summed E-state index contributed by atoms with van der Waals surface area (Å²) >= 11 is 0. The maximum Gasteiger partial charge on any atom is 0.0702 e. The van der Waals surface area contributed by atoms with E-state index in [1.54, 1.807) is 0 Å². The number of unbranched alkanes of at least 4 members (excludes halogenated alkanes) is 10. The molecule has 0 bridgehead atoms. The SMILES string of the molecule is CCCCCCCCc1cc(-c2cc(-c3cc(-c4ccccn4)cc(-c4ccccn4)c3)cc(-c3cccc(-c4ccccc4-c4cccc(C)c4)c3)c2)c(CCCCCCCC)cc1C. The fraction of sp³-hybridized carbons (Fsp3) is 0.281. The van der Waals surface area contributed by atoms with Crippen LogP contribution in [0.2, 0.25) is 0 Å². The molecular weight excluding hydrogens is 797 g/mol. The van der Waals surface area contributed by atoms with Gasteiger partial charge < -0.3 is 0 Å². The summed E-state index contributed by atoms with van der Waals surface area (Å²) in [6, 6.07) is 58.6. The summed E-state index contributed by atoms with van der Waals surface area (Å²) in [5.74, 6) is 0.